The highest BCUT2D eigenvalue weighted by molar-refractivity contribution is 7.91. The van der Waals surface area contributed by atoms with Gasteiger partial charge in [0.05, 0.1) is 5.60 Å². The summed E-state index contributed by atoms with van der Waals surface area (Å²) in [5, 5.41) is 18.8. The Labute approximate surface area is 171 Å². The van der Waals surface area contributed by atoms with E-state index in [0.717, 1.165) is 55.3 Å². The predicted octanol–water partition coefficient (Wildman–Crippen LogP) is 3.73. The molecule has 1 aromatic carbocycles. The Kier molecular flexibility index (Phi) is 4.83. The van der Waals surface area contributed by atoms with Crippen LogP contribution in [0.5, 0.6) is 0 Å². The molecule has 4 rings (SSSR count). The van der Waals surface area contributed by atoms with Crippen LogP contribution in [0.25, 0.3) is 0 Å². The van der Waals surface area contributed by atoms with E-state index >= 15 is 0 Å². The Hall–Kier alpha value is -2.16. The third-order valence-electron chi connectivity index (χ3n) is 5.77. The quantitative estimate of drug-likeness (QED) is 0.705. The summed E-state index contributed by atoms with van der Waals surface area (Å²) in [4.78, 5) is 12.7. The number of fused-ring (bicyclic) bond motifs is 2. The zero-order valence-corrected chi connectivity index (χ0v) is 17.8. The molecule has 2 aromatic rings. The second-order valence-electron chi connectivity index (χ2n) is 8.42. The normalized spacial score (nSPS) is 17.6. The summed E-state index contributed by atoms with van der Waals surface area (Å²) >= 11 is 0. The lowest BCUT2D eigenvalue weighted by molar-refractivity contribution is 0.0769. The second kappa shape index (κ2) is 6.97. The monoisotopic (exact) mass is 417 g/mol. The molecule has 0 unspecified atom stereocenters. The molecule has 156 valence electrons. The average Bonchev–Trinajstić information content (AvgIpc) is 3.31. The predicted molar refractivity (Wildman–Crippen MR) is 111 cm³/mol. The lowest BCUT2D eigenvalue weighted by Crippen LogP contribution is -2.19. The molecule has 0 aliphatic heterocycles. The number of nitrogens with two attached hydrogens (primary N) is 1. The van der Waals surface area contributed by atoms with Crippen molar-refractivity contribution in [3.8, 4) is 0 Å². The van der Waals surface area contributed by atoms with Gasteiger partial charge in [-0.15, -0.1) is 4.36 Å². The molecule has 2 amide bonds. The van der Waals surface area contributed by atoms with E-state index in [0.29, 0.717) is 11.3 Å². The first-order valence-electron chi connectivity index (χ1n) is 9.92. The number of nitrogens with zero attached hydrogens (tertiary/aromatic N) is 1. The van der Waals surface area contributed by atoms with E-state index < -0.39 is 21.5 Å². The zero-order chi connectivity index (χ0) is 21.0. The van der Waals surface area contributed by atoms with Crippen LogP contribution in [0.2, 0.25) is 0 Å². The molecule has 0 spiro atoms. The molecule has 4 N–H and O–H groups in total. The summed E-state index contributed by atoms with van der Waals surface area (Å²) in [7, 11) is -3.58. The topological polar surface area (TPSA) is 118 Å². The first-order chi connectivity index (χ1) is 13.6. The summed E-state index contributed by atoms with van der Waals surface area (Å²) in [5.41, 5.74) is 4.99. The van der Waals surface area contributed by atoms with Gasteiger partial charge in [-0.1, -0.05) is 6.07 Å². The fraction of sp³-hybridized carbons (Fsp3) is 0.476. The molecule has 8 heteroatoms. The number of aryl methyl sites for hydroxylation is 3. The Balaban J connectivity index is 1.67. The van der Waals surface area contributed by atoms with E-state index in [1.54, 1.807) is 20.8 Å². The van der Waals surface area contributed by atoms with Crippen LogP contribution in [0, 0.1) is 6.92 Å². The fourth-order valence-corrected chi connectivity index (χ4v) is 5.38. The first-order valence-corrected chi connectivity index (χ1v) is 11.5. The van der Waals surface area contributed by atoms with Crippen LogP contribution < -0.4 is 10.5 Å². The molecule has 0 radical (unpaired) electrons. The number of anilines is 1. The van der Waals surface area contributed by atoms with Crippen molar-refractivity contribution in [3.05, 3.63) is 45.7 Å². The number of amides is 2. The van der Waals surface area contributed by atoms with Gasteiger partial charge in [0, 0.05) is 17.3 Å². The van der Waals surface area contributed by atoms with Crippen LogP contribution in [-0.4, -0.2) is 15.3 Å². The van der Waals surface area contributed by atoms with Crippen molar-refractivity contribution in [3.63, 3.8) is 0 Å². The summed E-state index contributed by atoms with van der Waals surface area (Å²) < 4.78 is 22.1. The Morgan fingerprint density at radius 3 is 2.28 bits per heavy atom. The van der Waals surface area contributed by atoms with Crippen LogP contribution in [0.4, 0.5) is 10.5 Å². The van der Waals surface area contributed by atoms with Crippen LogP contribution in [-0.2, 0) is 41.2 Å². The molecular formula is C21H27N3O4S. The van der Waals surface area contributed by atoms with E-state index in [4.69, 9.17) is 9.56 Å². The van der Waals surface area contributed by atoms with Crippen molar-refractivity contribution in [1.82, 2.24) is 0 Å². The van der Waals surface area contributed by atoms with Crippen molar-refractivity contribution in [2.75, 3.05) is 5.32 Å². The molecule has 7 nitrogen and oxygen atoms in total. The molecule has 1 heterocycles. The van der Waals surface area contributed by atoms with Gasteiger partial charge in [0.2, 0.25) is 5.09 Å². The molecule has 0 saturated carbocycles. The zero-order valence-electron chi connectivity index (χ0n) is 17.0. The number of urea groups is 1. The highest BCUT2D eigenvalue weighted by atomic mass is 32.2. The van der Waals surface area contributed by atoms with Crippen LogP contribution in [0.3, 0.4) is 0 Å². The molecule has 1 aromatic heterocycles. The Bertz CT molecular complexity index is 1090. The summed E-state index contributed by atoms with van der Waals surface area (Å²) in [6, 6.07) is 2.94. The number of hydrogen-bond acceptors (Lipinski definition) is 4. The van der Waals surface area contributed by atoms with Gasteiger partial charge in [-0.3, -0.25) is 0 Å². The maximum Gasteiger partial charge on any atom is 0.354 e. The van der Waals surface area contributed by atoms with E-state index in [1.165, 1.54) is 17.2 Å². The Morgan fingerprint density at radius 1 is 1.17 bits per heavy atom. The number of rotatable bonds is 3. The molecule has 29 heavy (non-hydrogen) atoms. The van der Waals surface area contributed by atoms with Gasteiger partial charge in [-0.25, -0.2) is 14.1 Å². The van der Waals surface area contributed by atoms with Gasteiger partial charge >= 0.3 is 6.03 Å². The molecular weight excluding hydrogens is 390 g/mol. The largest absolute Gasteiger partial charge is 0.450 e. The molecule has 2 aliphatic carbocycles. The van der Waals surface area contributed by atoms with E-state index in [2.05, 4.69) is 15.7 Å². The molecule has 0 bridgehead atoms. The van der Waals surface area contributed by atoms with E-state index in [1.807, 2.05) is 0 Å². The number of nitrogens with one attached hydrogen (secondary N) is 1. The van der Waals surface area contributed by atoms with Crippen LogP contribution in [0.1, 0.15) is 60.3 Å². The third-order valence-corrected chi connectivity index (χ3v) is 6.98. The second-order valence-corrected chi connectivity index (χ2v) is 10.1. The molecule has 0 saturated heterocycles. The molecule has 1 atom stereocenters. The van der Waals surface area contributed by atoms with Crippen LogP contribution >= 0.6 is 0 Å². The maximum absolute atomic E-state index is 12.9. The summed E-state index contributed by atoms with van der Waals surface area (Å²) in [5.74, 6) is 0.389. The first kappa shape index (κ1) is 20.1. The van der Waals surface area contributed by atoms with Crippen molar-refractivity contribution in [1.29, 1.82) is 0 Å². The van der Waals surface area contributed by atoms with Gasteiger partial charge in [0.25, 0.3) is 0 Å². The van der Waals surface area contributed by atoms with Crippen molar-refractivity contribution in [2.45, 2.75) is 70.0 Å². The van der Waals surface area contributed by atoms with Gasteiger partial charge < -0.3 is 14.8 Å². The minimum Gasteiger partial charge on any atom is -0.450 e. The van der Waals surface area contributed by atoms with Crippen molar-refractivity contribution >= 4 is 21.6 Å². The van der Waals surface area contributed by atoms with Gasteiger partial charge in [-0.05, 0) is 81.5 Å². The fourth-order valence-electron chi connectivity index (χ4n) is 4.47. The number of carbonyl (C=O) groups excluding carboxylic acids is 1. The highest BCUT2D eigenvalue weighted by Crippen LogP contribution is 2.38. The third kappa shape index (κ3) is 3.72. The van der Waals surface area contributed by atoms with Crippen LogP contribution in [0.15, 0.2) is 26.0 Å². The lowest BCUT2D eigenvalue weighted by atomic mass is 9.99. The smallest absolute Gasteiger partial charge is 0.354 e. The Morgan fingerprint density at radius 2 is 1.76 bits per heavy atom. The average molecular weight is 418 g/mol. The number of furan rings is 1. The van der Waals surface area contributed by atoms with Crippen molar-refractivity contribution in [2.24, 2.45) is 9.50 Å². The minimum absolute atomic E-state index is 0.120. The maximum atomic E-state index is 12.9. The van der Waals surface area contributed by atoms with Gasteiger partial charge in [0.15, 0.2) is 9.92 Å². The van der Waals surface area contributed by atoms with E-state index in [-0.39, 0.29) is 5.09 Å². The SMILES string of the molecule is Cc1oc([S@@](N)(=O)=NC(=O)Nc2c3c(cc4c2CCC4)CCC3)cc1C(C)(C)O. The summed E-state index contributed by atoms with van der Waals surface area (Å²) in [6.45, 7) is 4.82. The number of aliphatic hydroxyl groups is 1. The van der Waals surface area contributed by atoms with E-state index in [9.17, 15) is 14.1 Å². The highest BCUT2D eigenvalue weighted by Gasteiger charge is 2.27. The number of carbonyl (C=O) groups is 1. The number of benzene rings is 1. The molecule has 2 aliphatic rings. The lowest BCUT2D eigenvalue weighted by Gasteiger charge is -2.15. The molecule has 0 fully saturated rings. The summed E-state index contributed by atoms with van der Waals surface area (Å²) in [6.07, 6.45) is 6.00. The minimum atomic E-state index is -3.58. The standard InChI is InChI=1S/C21H27N3O4S/c1-12-17(21(2,3)26)11-18(28-12)29(22,27)24-20(25)23-19-15-8-4-6-13(15)10-14-7-5-9-16(14)19/h10-11,26H,4-9H2,1-3H3,(H3,22,23,24,25,27)/t29-/m0/s1. The van der Waals surface area contributed by atoms with Gasteiger partial charge in [0.1, 0.15) is 5.76 Å². The van der Waals surface area contributed by atoms with Crippen molar-refractivity contribution < 1.29 is 18.5 Å². The number of hydrogen-bond donors (Lipinski definition) is 3. The van der Waals surface area contributed by atoms with Gasteiger partial charge in [-0.2, -0.15) is 0 Å².